The predicted octanol–water partition coefficient (Wildman–Crippen LogP) is 4.74. The third-order valence-electron chi connectivity index (χ3n) is 5.42. The Kier molecular flexibility index (Phi) is 7.58. The van der Waals surface area contributed by atoms with Crippen molar-refractivity contribution in [3.63, 3.8) is 0 Å². The van der Waals surface area contributed by atoms with Crippen molar-refractivity contribution in [3.05, 3.63) is 76.5 Å². The van der Waals surface area contributed by atoms with Gasteiger partial charge in [0.05, 0.1) is 24.3 Å². The van der Waals surface area contributed by atoms with Gasteiger partial charge in [0.2, 0.25) is 10.0 Å². The van der Waals surface area contributed by atoms with E-state index < -0.39 is 16.0 Å². The molecule has 0 saturated heterocycles. The summed E-state index contributed by atoms with van der Waals surface area (Å²) < 4.78 is 39.1. The van der Waals surface area contributed by atoms with Crippen LogP contribution in [0.5, 0.6) is 0 Å². The molecular formula is C24H30N2O5S. The minimum Gasteiger partial charge on any atom is -0.468 e. The summed E-state index contributed by atoms with van der Waals surface area (Å²) in [5.74, 6) is 0.0824. The van der Waals surface area contributed by atoms with E-state index in [4.69, 9.17) is 9.15 Å². The number of furan rings is 1. The van der Waals surface area contributed by atoms with Crippen LogP contribution in [-0.2, 0) is 34.3 Å². The number of carbonyl (C=O) groups is 1. The molecule has 0 atom stereocenters. The van der Waals surface area contributed by atoms with Crippen LogP contribution >= 0.6 is 0 Å². The highest BCUT2D eigenvalue weighted by Crippen LogP contribution is 2.26. The summed E-state index contributed by atoms with van der Waals surface area (Å²) >= 11 is 0. The third kappa shape index (κ3) is 5.14. The first kappa shape index (κ1) is 23.8. The van der Waals surface area contributed by atoms with Crippen LogP contribution in [0.3, 0.4) is 0 Å². The van der Waals surface area contributed by atoms with E-state index in [2.05, 4.69) is 11.9 Å². The summed E-state index contributed by atoms with van der Waals surface area (Å²) in [4.78, 5) is 15.6. The van der Waals surface area contributed by atoms with Crippen LogP contribution in [0.25, 0.3) is 0 Å². The van der Waals surface area contributed by atoms with Gasteiger partial charge in [-0.05, 0) is 68.1 Å². The number of ether oxygens (including phenoxy) is 1. The molecule has 0 bridgehead atoms. The van der Waals surface area contributed by atoms with Gasteiger partial charge in [-0.15, -0.1) is 0 Å². The van der Waals surface area contributed by atoms with E-state index in [9.17, 15) is 13.2 Å². The molecule has 2 heterocycles. The van der Waals surface area contributed by atoms with Gasteiger partial charge in [-0.25, -0.2) is 13.2 Å². The standard InChI is InChI=1S/C24H30N2O5S/c1-5-8-19-10-12-21(13-11-19)32(28,29)26(15-20-9-7-14-31-20)16-22-17(3)23(25-18(22)4)24(27)30-6-2/h7,9-14,25H,5-6,8,15-16H2,1-4H3. The lowest BCUT2D eigenvalue weighted by Crippen LogP contribution is -2.30. The molecule has 32 heavy (non-hydrogen) atoms. The highest BCUT2D eigenvalue weighted by atomic mass is 32.2. The fraction of sp³-hybridized carbons (Fsp3) is 0.375. The minimum atomic E-state index is -3.82. The van der Waals surface area contributed by atoms with Gasteiger partial charge < -0.3 is 14.1 Å². The van der Waals surface area contributed by atoms with E-state index in [1.807, 2.05) is 19.1 Å². The molecule has 0 aliphatic heterocycles. The summed E-state index contributed by atoms with van der Waals surface area (Å²) in [6.45, 7) is 7.87. The number of nitrogens with zero attached hydrogens (tertiary/aromatic N) is 1. The van der Waals surface area contributed by atoms with E-state index in [-0.39, 0.29) is 24.6 Å². The van der Waals surface area contributed by atoms with Crippen LogP contribution in [0.1, 0.15) is 58.9 Å². The molecule has 172 valence electrons. The largest absolute Gasteiger partial charge is 0.468 e. The molecule has 0 saturated carbocycles. The van der Waals surface area contributed by atoms with Gasteiger partial charge in [0.1, 0.15) is 11.5 Å². The second kappa shape index (κ2) is 10.2. The van der Waals surface area contributed by atoms with Crippen LogP contribution < -0.4 is 0 Å². The summed E-state index contributed by atoms with van der Waals surface area (Å²) in [5, 5.41) is 0. The zero-order valence-electron chi connectivity index (χ0n) is 19.0. The normalized spacial score (nSPS) is 11.8. The van der Waals surface area contributed by atoms with Crippen LogP contribution in [0, 0.1) is 13.8 Å². The maximum Gasteiger partial charge on any atom is 0.355 e. The van der Waals surface area contributed by atoms with Crippen LogP contribution in [-0.4, -0.2) is 30.3 Å². The summed E-state index contributed by atoms with van der Waals surface area (Å²) in [5.41, 5.74) is 3.59. The molecule has 7 nitrogen and oxygen atoms in total. The Morgan fingerprint density at radius 3 is 2.41 bits per heavy atom. The number of rotatable bonds is 10. The zero-order valence-corrected chi connectivity index (χ0v) is 19.8. The molecule has 3 rings (SSSR count). The van der Waals surface area contributed by atoms with Crippen LogP contribution in [0.15, 0.2) is 52.0 Å². The molecule has 8 heteroatoms. The van der Waals surface area contributed by atoms with Crippen LogP contribution in [0.2, 0.25) is 0 Å². The van der Waals surface area contributed by atoms with Crippen LogP contribution in [0.4, 0.5) is 0 Å². The van der Waals surface area contributed by atoms with Crippen molar-refractivity contribution in [1.29, 1.82) is 0 Å². The van der Waals surface area contributed by atoms with Gasteiger partial charge in [0.25, 0.3) is 0 Å². The summed E-state index contributed by atoms with van der Waals surface area (Å²) in [6, 6.07) is 10.5. The fourth-order valence-electron chi connectivity index (χ4n) is 3.68. The highest BCUT2D eigenvalue weighted by Gasteiger charge is 2.29. The molecule has 1 N–H and O–H groups in total. The Balaban J connectivity index is 1.97. The van der Waals surface area contributed by atoms with Crippen molar-refractivity contribution >= 4 is 16.0 Å². The number of hydrogen-bond donors (Lipinski definition) is 1. The maximum atomic E-state index is 13.6. The molecule has 1 aromatic carbocycles. The number of nitrogens with one attached hydrogen (secondary N) is 1. The van der Waals surface area contributed by atoms with Gasteiger partial charge >= 0.3 is 5.97 Å². The number of benzene rings is 1. The molecule has 0 aliphatic carbocycles. The van der Waals surface area contributed by atoms with Crippen molar-refractivity contribution in [1.82, 2.24) is 9.29 Å². The molecule has 2 aromatic heterocycles. The number of esters is 1. The second-order valence-corrected chi connectivity index (χ2v) is 9.63. The molecule has 0 amide bonds. The van der Waals surface area contributed by atoms with Crippen molar-refractivity contribution in [2.24, 2.45) is 0 Å². The molecular weight excluding hydrogens is 428 g/mol. The number of aryl methyl sites for hydroxylation is 2. The number of carbonyl (C=O) groups excluding carboxylic acids is 1. The van der Waals surface area contributed by atoms with E-state index in [0.717, 1.165) is 29.7 Å². The first-order chi connectivity index (χ1) is 15.3. The van der Waals surface area contributed by atoms with Crippen molar-refractivity contribution in [2.45, 2.75) is 58.5 Å². The number of sulfonamides is 1. The van der Waals surface area contributed by atoms with E-state index in [1.54, 1.807) is 38.1 Å². The quantitative estimate of drug-likeness (QED) is 0.443. The maximum absolute atomic E-state index is 13.6. The molecule has 0 unspecified atom stereocenters. The average molecular weight is 459 g/mol. The van der Waals surface area contributed by atoms with Crippen molar-refractivity contribution in [3.8, 4) is 0 Å². The average Bonchev–Trinajstić information content (AvgIpc) is 3.37. The third-order valence-corrected chi connectivity index (χ3v) is 7.22. The number of hydrogen-bond acceptors (Lipinski definition) is 5. The topological polar surface area (TPSA) is 92.6 Å². The van der Waals surface area contributed by atoms with Crippen molar-refractivity contribution in [2.75, 3.05) is 6.61 Å². The van der Waals surface area contributed by atoms with E-state index in [1.165, 1.54) is 10.6 Å². The Labute approximate surface area is 189 Å². The lowest BCUT2D eigenvalue weighted by atomic mass is 10.1. The summed E-state index contributed by atoms with van der Waals surface area (Å²) in [6.07, 6.45) is 3.41. The molecule has 0 spiro atoms. The SMILES string of the molecule is CCCc1ccc(S(=O)(=O)N(Cc2ccco2)Cc2c(C)[nH]c(C(=O)OCC)c2C)cc1. The van der Waals surface area contributed by atoms with Gasteiger partial charge in [0.15, 0.2) is 0 Å². The number of H-pyrrole nitrogens is 1. The fourth-order valence-corrected chi connectivity index (χ4v) is 5.05. The summed E-state index contributed by atoms with van der Waals surface area (Å²) in [7, 11) is -3.82. The lowest BCUT2D eigenvalue weighted by molar-refractivity contribution is 0.0519. The number of aromatic nitrogens is 1. The highest BCUT2D eigenvalue weighted by molar-refractivity contribution is 7.89. The predicted molar refractivity (Wildman–Crippen MR) is 122 cm³/mol. The molecule has 0 fully saturated rings. The van der Waals surface area contributed by atoms with Crippen molar-refractivity contribution < 1.29 is 22.4 Å². The second-order valence-electron chi connectivity index (χ2n) is 7.70. The first-order valence-electron chi connectivity index (χ1n) is 10.7. The molecule has 0 aliphatic rings. The van der Waals surface area contributed by atoms with Gasteiger partial charge in [-0.2, -0.15) is 4.31 Å². The van der Waals surface area contributed by atoms with Gasteiger partial charge in [-0.3, -0.25) is 0 Å². The first-order valence-corrected chi connectivity index (χ1v) is 12.2. The lowest BCUT2D eigenvalue weighted by Gasteiger charge is -2.22. The Hall–Kier alpha value is -2.84. The van der Waals surface area contributed by atoms with E-state index >= 15 is 0 Å². The smallest absolute Gasteiger partial charge is 0.355 e. The molecule has 3 aromatic rings. The van der Waals surface area contributed by atoms with E-state index in [0.29, 0.717) is 17.0 Å². The Bertz CT molecular complexity index is 1150. The molecule has 0 radical (unpaired) electrons. The number of aromatic amines is 1. The Morgan fingerprint density at radius 2 is 1.81 bits per heavy atom. The van der Waals surface area contributed by atoms with Gasteiger partial charge in [-0.1, -0.05) is 25.5 Å². The Morgan fingerprint density at radius 1 is 1.09 bits per heavy atom. The monoisotopic (exact) mass is 458 g/mol. The minimum absolute atomic E-state index is 0.0743. The zero-order chi connectivity index (χ0) is 23.3. The van der Waals surface area contributed by atoms with Gasteiger partial charge in [0, 0.05) is 12.2 Å².